The van der Waals surface area contributed by atoms with Crippen molar-refractivity contribution in [2.24, 2.45) is 11.1 Å². The molecule has 0 amide bonds. The summed E-state index contributed by atoms with van der Waals surface area (Å²) in [6.45, 7) is 10.2. The zero-order valence-corrected chi connectivity index (χ0v) is 12.4. The summed E-state index contributed by atoms with van der Waals surface area (Å²) in [6, 6.07) is 0. The highest BCUT2D eigenvalue weighted by Gasteiger charge is 2.21. The molecule has 0 atom stereocenters. The normalized spacial score (nSPS) is 17.9. The Morgan fingerprint density at radius 1 is 1.29 bits per heavy atom. The number of likely N-dealkylation sites (N-methyl/N-ethyl adjacent to an activating group) is 1. The van der Waals surface area contributed by atoms with E-state index in [0.717, 1.165) is 19.5 Å². The Morgan fingerprint density at radius 2 is 1.88 bits per heavy atom. The van der Waals surface area contributed by atoms with E-state index in [2.05, 4.69) is 30.7 Å². The van der Waals surface area contributed by atoms with Gasteiger partial charge in [-0.05, 0) is 45.9 Å². The summed E-state index contributed by atoms with van der Waals surface area (Å²) in [6.07, 6.45) is 3.79. The van der Waals surface area contributed by atoms with Crippen molar-refractivity contribution in [3.05, 3.63) is 0 Å². The maximum Gasteiger partial charge on any atom is 0.0784 e. The van der Waals surface area contributed by atoms with Gasteiger partial charge in [0, 0.05) is 18.5 Å². The van der Waals surface area contributed by atoms with Gasteiger partial charge in [-0.15, -0.1) is 0 Å². The Kier molecular flexibility index (Phi) is 5.83. The number of hydrogen-bond acceptors (Lipinski definition) is 3. The molecule has 3 nitrogen and oxygen atoms in total. The third-order valence-corrected chi connectivity index (χ3v) is 4.33. The van der Waals surface area contributed by atoms with E-state index in [-0.39, 0.29) is 5.41 Å². The van der Waals surface area contributed by atoms with Crippen molar-refractivity contribution >= 4 is 17.2 Å². The van der Waals surface area contributed by atoms with Gasteiger partial charge in [0.1, 0.15) is 0 Å². The van der Waals surface area contributed by atoms with Crippen LogP contribution in [0.2, 0.25) is 0 Å². The van der Waals surface area contributed by atoms with Crippen LogP contribution in [0.25, 0.3) is 0 Å². The van der Waals surface area contributed by atoms with Crippen molar-refractivity contribution in [3.63, 3.8) is 0 Å². The van der Waals surface area contributed by atoms with Crippen molar-refractivity contribution in [2.45, 2.75) is 33.1 Å². The molecule has 0 aromatic heterocycles. The topological polar surface area (TPSA) is 32.5 Å². The molecule has 4 heteroatoms. The Hall–Kier alpha value is -0.190. The van der Waals surface area contributed by atoms with E-state index in [1.807, 2.05) is 0 Å². The third-order valence-electron chi connectivity index (χ3n) is 3.78. The van der Waals surface area contributed by atoms with Gasteiger partial charge in [0.2, 0.25) is 0 Å². The number of nitrogens with zero attached hydrogens (tertiary/aromatic N) is 2. The average molecular weight is 257 g/mol. The maximum atomic E-state index is 5.73. The molecule has 1 heterocycles. The third kappa shape index (κ3) is 5.32. The van der Waals surface area contributed by atoms with Crippen LogP contribution in [0.4, 0.5) is 0 Å². The van der Waals surface area contributed by atoms with Crippen LogP contribution in [0.1, 0.15) is 33.1 Å². The van der Waals surface area contributed by atoms with Gasteiger partial charge in [0.05, 0.1) is 4.99 Å². The molecule has 0 aliphatic carbocycles. The second-order valence-corrected chi connectivity index (χ2v) is 6.29. The van der Waals surface area contributed by atoms with E-state index < -0.39 is 0 Å². The molecular weight excluding hydrogens is 230 g/mol. The molecule has 0 aromatic rings. The quantitative estimate of drug-likeness (QED) is 0.704. The molecule has 1 aliphatic heterocycles. The van der Waals surface area contributed by atoms with E-state index in [4.69, 9.17) is 18.0 Å². The largest absolute Gasteiger partial charge is 0.393 e. The van der Waals surface area contributed by atoms with Crippen molar-refractivity contribution in [1.29, 1.82) is 0 Å². The van der Waals surface area contributed by atoms with Gasteiger partial charge in [-0.2, -0.15) is 0 Å². The highest BCUT2D eigenvalue weighted by Crippen LogP contribution is 2.20. The van der Waals surface area contributed by atoms with Gasteiger partial charge in [-0.25, -0.2) is 0 Å². The lowest BCUT2D eigenvalue weighted by Gasteiger charge is -2.27. The highest BCUT2D eigenvalue weighted by molar-refractivity contribution is 7.80. The van der Waals surface area contributed by atoms with Gasteiger partial charge in [0.25, 0.3) is 0 Å². The Balaban J connectivity index is 2.16. The van der Waals surface area contributed by atoms with Crippen LogP contribution in [0, 0.1) is 5.41 Å². The fraction of sp³-hybridized carbons (Fsp3) is 0.923. The molecular formula is C13H27N3S. The number of nitrogens with two attached hydrogens (primary N) is 1. The first-order valence-corrected chi connectivity index (χ1v) is 7.03. The first kappa shape index (κ1) is 14.9. The second kappa shape index (κ2) is 6.66. The van der Waals surface area contributed by atoms with Crippen LogP contribution in [0.5, 0.6) is 0 Å². The minimum atomic E-state index is -0.0166. The molecule has 1 aliphatic rings. The number of rotatable bonds is 7. The number of likely N-dealkylation sites (tertiary alicyclic amines) is 1. The van der Waals surface area contributed by atoms with Crippen LogP contribution in [0.3, 0.4) is 0 Å². The average Bonchev–Trinajstić information content (AvgIpc) is 2.76. The number of hydrogen-bond donors (Lipinski definition) is 1. The maximum absolute atomic E-state index is 5.73. The van der Waals surface area contributed by atoms with E-state index >= 15 is 0 Å². The monoisotopic (exact) mass is 257 g/mol. The standard InChI is InChI=1S/C13H27N3S/c1-13(2,12(14)17)6-9-15(3)10-11-16-7-4-5-8-16/h4-11H2,1-3H3,(H2,14,17). The van der Waals surface area contributed by atoms with Crippen molar-refractivity contribution < 1.29 is 0 Å². The van der Waals surface area contributed by atoms with E-state index in [0.29, 0.717) is 4.99 Å². The van der Waals surface area contributed by atoms with Crippen molar-refractivity contribution in [3.8, 4) is 0 Å². The summed E-state index contributed by atoms with van der Waals surface area (Å²) < 4.78 is 0. The fourth-order valence-electron chi connectivity index (χ4n) is 2.02. The molecule has 1 rings (SSSR count). The van der Waals surface area contributed by atoms with Crippen molar-refractivity contribution in [1.82, 2.24) is 9.80 Å². The molecule has 100 valence electrons. The summed E-state index contributed by atoms with van der Waals surface area (Å²) >= 11 is 5.09. The van der Waals surface area contributed by atoms with Gasteiger partial charge in [-0.1, -0.05) is 26.1 Å². The fourth-order valence-corrected chi connectivity index (χ4v) is 2.13. The zero-order chi connectivity index (χ0) is 12.9. The van der Waals surface area contributed by atoms with E-state index in [9.17, 15) is 0 Å². The first-order chi connectivity index (χ1) is 7.92. The van der Waals surface area contributed by atoms with Gasteiger partial charge in [-0.3, -0.25) is 0 Å². The minimum Gasteiger partial charge on any atom is -0.393 e. The highest BCUT2D eigenvalue weighted by atomic mass is 32.1. The molecule has 17 heavy (non-hydrogen) atoms. The lowest BCUT2D eigenvalue weighted by atomic mass is 9.89. The molecule has 0 saturated carbocycles. The Morgan fingerprint density at radius 3 is 2.41 bits per heavy atom. The lowest BCUT2D eigenvalue weighted by molar-refractivity contribution is 0.241. The molecule has 2 N–H and O–H groups in total. The van der Waals surface area contributed by atoms with Crippen LogP contribution in [-0.4, -0.2) is 54.6 Å². The van der Waals surface area contributed by atoms with Gasteiger partial charge < -0.3 is 15.5 Å². The summed E-state index contributed by atoms with van der Waals surface area (Å²) in [4.78, 5) is 5.57. The smallest absolute Gasteiger partial charge is 0.0784 e. The zero-order valence-electron chi connectivity index (χ0n) is 11.5. The molecule has 1 fully saturated rings. The van der Waals surface area contributed by atoms with Gasteiger partial charge in [0.15, 0.2) is 0 Å². The van der Waals surface area contributed by atoms with Crippen LogP contribution >= 0.6 is 12.2 Å². The van der Waals surface area contributed by atoms with Crippen molar-refractivity contribution in [2.75, 3.05) is 39.8 Å². The molecule has 0 bridgehead atoms. The van der Waals surface area contributed by atoms with E-state index in [1.54, 1.807) is 0 Å². The lowest BCUT2D eigenvalue weighted by Crippen LogP contribution is -2.36. The summed E-state index contributed by atoms with van der Waals surface area (Å²) in [5, 5.41) is 0. The van der Waals surface area contributed by atoms with Crippen LogP contribution in [-0.2, 0) is 0 Å². The molecule has 0 aromatic carbocycles. The predicted molar refractivity (Wildman–Crippen MR) is 78.4 cm³/mol. The second-order valence-electron chi connectivity index (χ2n) is 5.85. The predicted octanol–water partition coefficient (Wildman–Crippen LogP) is 1.72. The summed E-state index contributed by atoms with van der Waals surface area (Å²) in [7, 11) is 2.19. The molecule has 0 radical (unpaired) electrons. The molecule has 1 saturated heterocycles. The number of thiocarbonyl (C=S) groups is 1. The summed E-state index contributed by atoms with van der Waals surface area (Å²) in [5.74, 6) is 0. The summed E-state index contributed by atoms with van der Waals surface area (Å²) in [5.41, 5.74) is 5.72. The van der Waals surface area contributed by atoms with Gasteiger partial charge >= 0.3 is 0 Å². The van der Waals surface area contributed by atoms with Crippen LogP contribution in [0.15, 0.2) is 0 Å². The van der Waals surface area contributed by atoms with Crippen LogP contribution < -0.4 is 5.73 Å². The molecule has 0 spiro atoms. The Labute approximate surface area is 111 Å². The van der Waals surface area contributed by atoms with E-state index in [1.165, 1.54) is 32.5 Å². The molecule has 0 unspecified atom stereocenters. The SMILES string of the molecule is CN(CCN1CCCC1)CCC(C)(C)C(N)=S. The Bertz CT molecular complexity index is 247. The first-order valence-electron chi connectivity index (χ1n) is 6.62. The minimum absolute atomic E-state index is 0.0166.